The second kappa shape index (κ2) is 9.56. The first-order valence-electron chi connectivity index (χ1n) is 10.0. The van der Waals surface area contributed by atoms with Crippen LogP contribution in [0.5, 0.6) is 0 Å². The molecule has 1 aromatic heterocycles. The molecule has 3 rings (SSSR count). The highest BCUT2D eigenvalue weighted by Gasteiger charge is 2.40. The van der Waals surface area contributed by atoms with Gasteiger partial charge in [0.15, 0.2) is 0 Å². The summed E-state index contributed by atoms with van der Waals surface area (Å²) in [4.78, 5) is 35.9. The Balaban J connectivity index is 1.87. The molecule has 0 N–H and O–H groups in total. The van der Waals surface area contributed by atoms with Gasteiger partial charge in [0.05, 0.1) is 24.8 Å². The van der Waals surface area contributed by atoms with E-state index < -0.39 is 23.8 Å². The fourth-order valence-electron chi connectivity index (χ4n) is 3.70. The van der Waals surface area contributed by atoms with Crippen LogP contribution in [0.15, 0.2) is 42.6 Å². The van der Waals surface area contributed by atoms with E-state index in [0.29, 0.717) is 24.3 Å². The number of aromatic nitrogens is 1. The van der Waals surface area contributed by atoms with Crippen LogP contribution in [0, 0.1) is 0 Å². The van der Waals surface area contributed by atoms with Gasteiger partial charge in [-0.25, -0.2) is 14.8 Å². The van der Waals surface area contributed by atoms with Crippen molar-refractivity contribution >= 4 is 17.7 Å². The fraction of sp³-hybridized carbons (Fsp3) is 0.409. The second-order valence-corrected chi connectivity index (χ2v) is 7.36. The van der Waals surface area contributed by atoms with Crippen molar-refractivity contribution in [3.8, 4) is 0 Å². The van der Waals surface area contributed by atoms with Gasteiger partial charge in [-0.15, -0.1) is 0 Å². The van der Waals surface area contributed by atoms with Gasteiger partial charge in [-0.05, 0) is 43.2 Å². The summed E-state index contributed by atoms with van der Waals surface area (Å²) < 4.78 is 43.7. The highest BCUT2D eigenvalue weighted by molar-refractivity contribution is 5.89. The third-order valence-electron chi connectivity index (χ3n) is 5.43. The summed E-state index contributed by atoms with van der Waals surface area (Å²) in [6.07, 6.45) is -2.66. The van der Waals surface area contributed by atoms with E-state index in [9.17, 15) is 22.8 Å². The van der Waals surface area contributed by atoms with Gasteiger partial charge in [0.2, 0.25) is 0 Å². The molecule has 2 aromatic rings. The largest absolute Gasteiger partial charge is 0.462 e. The maximum atomic E-state index is 12.9. The van der Waals surface area contributed by atoms with Crippen molar-refractivity contribution in [3.05, 3.63) is 59.3 Å². The van der Waals surface area contributed by atoms with E-state index in [1.54, 1.807) is 24.0 Å². The number of amides is 1. The SMILES string of the molecule is CCOC(=O)c1ccc(N2CC(c3ccc(C(F)(F)F)cc3)C[C@H]2C(=O)N(C)OC)nc1. The first kappa shape index (κ1) is 23.5. The topological polar surface area (TPSA) is 72.0 Å². The summed E-state index contributed by atoms with van der Waals surface area (Å²) in [5.41, 5.74) is 0.256. The molecular weight excluding hydrogens is 427 g/mol. The summed E-state index contributed by atoms with van der Waals surface area (Å²) in [7, 11) is 2.86. The number of hydrogen-bond donors (Lipinski definition) is 0. The quantitative estimate of drug-likeness (QED) is 0.493. The molecule has 172 valence electrons. The molecule has 7 nitrogen and oxygen atoms in total. The highest BCUT2D eigenvalue weighted by atomic mass is 19.4. The zero-order valence-corrected chi connectivity index (χ0v) is 17.9. The maximum Gasteiger partial charge on any atom is 0.416 e. The lowest BCUT2D eigenvalue weighted by atomic mass is 9.95. The molecule has 2 heterocycles. The third-order valence-corrected chi connectivity index (χ3v) is 5.43. The summed E-state index contributed by atoms with van der Waals surface area (Å²) in [5, 5.41) is 1.11. The number of benzene rings is 1. The van der Waals surface area contributed by atoms with Gasteiger partial charge in [0, 0.05) is 25.7 Å². The molecule has 0 aliphatic carbocycles. The number of halogens is 3. The Kier molecular flexibility index (Phi) is 7.02. The van der Waals surface area contributed by atoms with Crippen molar-refractivity contribution in [1.29, 1.82) is 0 Å². The lowest BCUT2D eigenvalue weighted by molar-refractivity contribution is -0.170. The summed E-state index contributed by atoms with van der Waals surface area (Å²) in [6.45, 7) is 2.31. The second-order valence-electron chi connectivity index (χ2n) is 7.36. The molecule has 1 unspecified atom stereocenters. The molecule has 0 radical (unpaired) electrons. The van der Waals surface area contributed by atoms with E-state index >= 15 is 0 Å². The Bertz CT molecular complexity index is 948. The molecule has 32 heavy (non-hydrogen) atoms. The lowest BCUT2D eigenvalue weighted by Gasteiger charge is -2.27. The summed E-state index contributed by atoms with van der Waals surface area (Å²) >= 11 is 0. The Morgan fingerprint density at radius 1 is 1.19 bits per heavy atom. The smallest absolute Gasteiger partial charge is 0.416 e. The number of anilines is 1. The molecular formula is C22H24F3N3O4. The van der Waals surface area contributed by atoms with E-state index in [1.165, 1.54) is 32.5 Å². The number of pyridine rings is 1. The Labute approximate surface area is 183 Å². The average molecular weight is 451 g/mol. The molecule has 2 atom stereocenters. The first-order chi connectivity index (χ1) is 15.2. The summed E-state index contributed by atoms with van der Waals surface area (Å²) in [6, 6.07) is 7.52. The zero-order valence-electron chi connectivity index (χ0n) is 17.9. The highest BCUT2D eigenvalue weighted by Crippen LogP contribution is 2.37. The fourth-order valence-corrected chi connectivity index (χ4v) is 3.70. The molecule has 1 aromatic carbocycles. The minimum absolute atomic E-state index is 0.192. The molecule has 1 aliphatic rings. The number of alkyl halides is 3. The monoisotopic (exact) mass is 451 g/mol. The Hall–Kier alpha value is -3.14. The van der Waals surface area contributed by atoms with Crippen LogP contribution in [-0.2, 0) is 20.5 Å². The van der Waals surface area contributed by atoms with Gasteiger partial charge in [-0.1, -0.05) is 12.1 Å². The molecule has 1 fully saturated rings. The van der Waals surface area contributed by atoms with E-state index in [4.69, 9.17) is 9.57 Å². The molecule has 10 heteroatoms. The molecule has 1 aliphatic heterocycles. The van der Waals surface area contributed by atoms with Crippen LogP contribution in [0.2, 0.25) is 0 Å². The van der Waals surface area contributed by atoms with E-state index in [-0.39, 0.29) is 24.0 Å². The van der Waals surface area contributed by atoms with E-state index in [2.05, 4.69) is 4.98 Å². The van der Waals surface area contributed by atoms with Gasteiger partial charge >= 0.3 is 12.1 Å². The third kappa shape index (κ3) is 5.01. The molecule has 0 saturated carbocycles. The van der Waals surface area contributed by atoms with Crippen molar-refractivity contribution < 1.29 is 32.3 Å². The Morgan fingerprint density at radius 3 is 2.41 bits per heavy atom. The van der Waals surface area contributed by atoms with Crippen LogP contribution < -0.4 is 4.90 Å². The normalized spacial score (nSPS) is 18.5. The standard InChI is InChI=1S/C22H24F3N3O4/c1-4-32-21(30)15-7-10-19(26-12-15)28-13-16(11-18(28)20(29)27(2)31-3)14-5-8-17(9-6-14)22(23,24)25/h5-10,12,16,18H,4,11,13H2,1-3H3/t16?,18-/m0/s1. The first-order valence-corrected chi connectivity index (χ1v) is 10.0. The molecule has 0 bridgehead atoms. The minimum Gasteiger partial charge on any atom is -0.462 e. The minimum atomic E-state index is -4.41. The average Bonchev–Trinajstić information content (AvgIpc) is 3.23. The Morgan fingerprint density at radius 2 is 1.88 bits per heavy atom. The number of rotatable bonds is 6. The van der Waals surface area contributed by atoms with Crippen LogP contribution in [0.25, 0.3) is 0 Å². The molecule has 1 amide bonds. The number of likely N-dealkylation sites (N-methyl/N-ethyl adjacent to an activating group) is 1. The van der Waals surface area contributed by atoms with Crippen LogP contribution in [0.3, 0.4) is 0 Å². The van der Waals surface area contributed by atoms with Gasteiger partial charge in [-0.2, -0.15) is 13.2 Å². The predicted octanol–water partition coefficient (Wildman–Crippen LogP) is 3.66. The number of hydroxylamine groups is 2. The van der Waals surface area contributed by atoms with Crippen LogP contribution in [0.1, 0.15) is 40.7 Å². The number of ether oxygens (including phenoxy) is 1. The van der Waals surface area contributed by atoms with Gasteiger partial charge < -0.3 is 9.64 Å². The number of hydrogen-bond acceptors (Lipinski definition) is 6. The van der Waals surface area contributed by atoms with Gasteiger partial charge in [0.25, 0.3) is 5.91 Å². The summed E-state index contributed by atoms with van der Waals surface area (Å²) in [5.74, 6) is -0.529. The van der Waals surface area contributed by atoms with Crippen molar-refractivity contribution in [2.45, 2.75) is 31.5 Å². The van der Waals surface area contributed by atoms with Gasteiger partial charge in [-0.3, -0.25) is 9.63 Å². The zero-order chi connectivity index (χ0) is 23.5. The number of carbonyl (C=O) groups excluding carboxylic acids is 2. The van der Waals surface area contributed by atoms with Crippen molar-refractivity contribution in [2.24, 2.45) is 0 Å². The van der Waals surface area contributed by atoms with Gasteiger partial charge in [0.1, 0.15) is 11.9 Å². The van der Waals surface area contributed by atoms with Crippen LogP contribution >= 0.6 is 0 Å². The van der Waals surface area contributed by atoms with Crippen molar-refractivity contribution in [2.75, 3.05) is 32.2 Å². The van der Waals surface area contributed by atoms with E-state index in [1.807, 2.05) is 0 Å². The number of carbonyl (C=O) groups is 2. The maximum absolute atomic E-state index is 12.9. The van der Waals surface area contributed by atoms with Crippen molar-refractivity contribution in [1.82, 2.24) is 10.0 Å². The van der Waals surface area contributed by atoms with Crippen molar-refractivity contribution in [3.63, 3.8) is 0 Å². The van der Waals surface area contributed by atoms with Crippen LogP contribution in [-0.4, -0.2) is 55.3 Å². The van der Waals surface area contributed by atoms with E-state index in [0.717, 1.165) is 17.2 Å². The lowest BCUT2D eigenvalue weighted by Crippen LogP contribution is -2.44. The predicted molar refractivity (Wildman–Crippen MR) is 110 cm³/mol. The number of esters is 1. The molecule has 1 saturated heterocycles. The van der Waals surface area contributed by atoms with Crippen LogP contribution in [0.4, 0.5) is 19.0 Å². The molecule has 0 spiro atoms. The number of nitrogens with zero attached hydrogens (tertiary/aromatic N) is 3.